The zero-order valence-corrected chi connectivity index (χ0v) is 14.9. The van der Waals surface area contributed by atoms with E-state index in [1.165, 1.54) is 5.56 Å². The minimum atomic E-state index is -0.335. The molecule has 1 aromatic rings. The molecule has 0 bridgehead atoms. The summed E-state index contributed by atoms with van der Waals surface area (Å²) >= 11 is 0. The van der Waals surface area contributed by atoms with Gasteiger partial charge in [-0.05, 0) is 38.8 Å². The molecule has 6 heteroatoms. The molecule has 0 saturated carbocycles. The Kier molecular flexibility index (Phi) is 4.25. The Morgan fingerprint density at radius 3 is 2.79 bits per heavy atom. The second-order valence-corrected chi connectivity index (χ2v) is 7.58. The molecule has 1 spiro atoms. The normalized spacial score (nSPS) is 25.3. The van der Waals surface area contributed by atoms with Crippen LogP contribution in [-0.4, -0.2) is 48.0 Å². The molecule has 3 N–H and O–H groups in total. The molecule has 1 saturated heterocycles. The maximum absolute atomic E-state index is 12.1. The fourth-order valence-corrected chi connectivity index (χ4v) is 3.34. The van der Waals surface area contributed by atoms with Gasteiger partial charge in [0.25, 0.3) is 0 Å². The maximum Gasteiger partial charge on any atom is 0.317 e. The number of fused-ring (bicyclic) bond motifs is 1. The maximum atomic E-state index is 12.1. The number of carbonyl (C=O) groups is 1. The topological polar surface area (TPSA) is 68.8 Å². The van der Waals surface area contributed by atoms with Crippen molar-refractivity contribution in [3.8, 4) is 0 Å². The minimum absolute atomic E-state index is 0.0365. The van der Waals surface area contributed by atoms with Crippen LogP contribution in [0.3, 0.4) is 0 Å². The van der Waals surface area contributed by atoms with Gasteiger partial charge in [-0.1, -0.05) is 18.2 Å². The number of amidine groups is 1. The van der Waals surface area contributed by atoms with E-state index in [9.17, 15) is 4.79 Å². The molecule has 1 fully saturated rings. The highest BCUT2D eigenvalue weighted by molar-refractivity contribution is 6.04. The highest BCUT2D eigenvalue weighted by Gasteiger charge is 2.45. The number of hydrogen-bond acceptors (Lipinski definition) is 3. The molecule has 3 rings (SSSR count). The number of aliphatic imine (C=N–C) groups is 1. The second kappa shape index (κ2) is 6.09. The van der Waals surface area contributed by atoms with Crippen molar-refractivity contribution in [2.75, 3.05) is 25.5 Å². The largest absolute Gasteiger partial charge is 0.342 e. The zero-order valence-electron chi connectivity index (χ0n) is 14.9. The van der Waals surface area contributed by atoms with Crippen molar-refractivity contribution >= 4 is 17.6 Å². The van der Waals surface area contributed by atoms with Crippen LogP contribution in [0.25, 0.3) is 0 Å². The molecule has 2 heterocycles. The molecule has 130 valence electrons. The molecule has 1 atom stereocenters. The van der Waals surface area contributed by atoms with E-state index in [-0.39, 0.29) is 17.1 Å². The van der Waals surface area contributed by atoms with Crippen LogP contribution in [0.5, 0.6) is 0 Å². The van der Waals surface area contributed by atoms with Crippen LogP contribution in [0.4, 0.5) is 10.5 Å². The lowest BCUT2D eigenvalue weighted by Crippen LogP contribution is -2.56. The summed E-state index contributed by atoms with van der Waals surface area (Å²) in [7, 11) is 1.67. The van der Waals surface area contributed by atoms with Gasteiger partial charge in [0, 0.05) is 32.4 Å². The lowest BCUT2D eigenvalue weighted by Gasteiger charge is -2.32. The Morgan fingerprint density at radius 2 is 2.08 bits per heavy atom. The molecule has 0 aromatic heterocycles. The van der Waals surface area contributed by atoms with Gasteiger partial charge >= 0.3 is 6.03 Å². The van der Waals surface area contributed by atoms with E-state index in [2.05, 4.69) is 48.9 Å². The van der Waals surface area contributed by atoms with Crippen molar-refractivity contribution in [2.45, 2.75) is 44.8 Å². The van der Waals surface area contributed by atoms with Crippen LogP contribution in [0.1, 0.15) is 32.8 Å². The van der Waals surface area contributed by atoms with Crippen LogP contribution in [0.2, 0.25) is 0 Å². The molecule has 2 aliphatic rings. The van der Waals surface area contributed by atoms with Gasteiger partial charge in [0.15, 0.2) is 0 Å². The number of carbonyl (C=O) groups excluding carboxylic acids is 1. The van der Waals surface area contributed by atoms with Gasteiger partial charge < -0.3 is 15.5 Å². The van der Waals surface area contributed by atoms with Gasteiger partial charge in [0.1, 0.15) is 5.84 Å². The van der Waals surface area contributed by atoms with Crippen LogP contribution >= 0.6 is 0 Å². The Labute approximate surface area is 143 Å². The predicted molar refractivity (Wildman–Crippen MR) is 97.5 cm³/mol. The Bertz CT molecular complexity index is 664. The van der Waals surface area contributed by atoms with E-state index in [0.717, 1.165) is 24.5 Å². The van der Waals surface area contributed by atoms with Gasteiger partial charge in [-0.2, -0.15) is 0 Å². The third-order valence-corrected chi connectivity index (χ3v) is 4.56. The molecule has 2 amide bonds. The zero-order chi connectivity index (χ0) is 17.4. The summed E-state index contributed by atoms with van der Waals surface area (Å²) in [5.41, 5.74) is 1.77. The highest BCUT2D eigenvalue weighted by Crippen LogP contribution is 2.30. The van der Waals surface area contributed by atoms with Gasteiger partial charge in [0.2, 0.25) is 0 Å². The van der Waals surface area contributed by atoms with Crippen molar-refractivity contribution in [3.63, 3.8) is 0 Å². The number of likely N-dealkylation sites (tertiary alicyclic amines) is 1. The number of hydrogen-bond donors (Lipinski definition) is 3. The summed E-state index contributed by atoms with van der Waals surface area (Å²) in [6.07, 6.45) is 0.844. The summed E-state index contributed by atoms with van der Waals surface area (Å²) < 4.78 is 0. The van der Waals surface area contributed by atoms with Crippen LogP contribution in [0, 0.1) is 0 Å². The lowest BCUT2D eigenvalue weighted by molar-refractivity contribution is 0.208. The number of nitrogens with zero attached hydrogens (tertiary/aromatic N) is 2. The Morgan fingerprint density at radius 1 is 1.33 bits per heavy atom. The first kappa shape index (κ1) is 16.8. The van der Waals surface area contributed by atoms with E-state index in [0.29, 0.717) is 13.1 Å². The van der Waals surface area contributed by atoms with Gasteiger partial charge in [-0.25, -0.2) is 4.79 Å². The average molecular weight is 329 g/mol. The van der Waals surface area contributed by atoms with E-state index in [4.69, 9.17) is 4.99 Å². The van der Waals surface area contributed by atoms with Crippen LogP contribution in [-0.2, 0) is 6.54 Å². The van der Waals surface area contributed by atoms with Crippen molar-refractivity contribution in [1.82, 2.24) is 15.5 Å². The number of urea groups is 1. The second-order valence-electron chi connectivity index (χ2n) is 7.58. The number of anilines is 1. The third kappa shape index (κ3) is 3.24. The Hall–Kier alpha value is -2.08. The van der Waals surface area contributed by atoms with Gasteiger partial charge in [-0.3, -0.25) is 10.3 Å². The van der Waals surface area contributed by atoms with Crippen LogP contribution < -0.4 is 16.0 Å². The number of para-hydroxylation sites is 1. The van der Waals surface area contributed by atoms with Gasteiger partial charge in [-0.15, -0.1) is 0 Å². The van der Waals surface area contributed by atoms with Crippen molar-refractivity contribution in [2.24, 2.45) is 4.99 Å². The number of rotatable bonds is 0. The fraction of sp³-hybridized carbons (Fsp3) is 0.556. The molecule has 0 unspecified atom stereocenters. The standard InChI is InChI=1S/C18H27N5O/c1-17(2,3)22-15-18(9-10-23(12-18)16(24)19-4)20-11-13-7-5-6-8-14(13)21-15/h5-8,20H,9-12H2,1-4H3,(H,19,24)(H,21,22)/t18-/m1/s1. The summed E-state index contributed by atoms with van der Waals surface area (Å²) in [6, 6.07) is 8.25. The summed E-state index contributed by atoms with van der Waals surface area (Å²) in [5.74, 6) is 0.923. The monoisotopic (exact) mass is 329 g/mol. The van der Waals surface area contributed by atoms with Crippen LogP contribution in [0.15, 0.2) is 29.3 Å². The van der Waals surface area contributed by atoms with E-state index in [1.807, 2.05) is 17.0 Å². The summed E-state index contributed by atoms with van der Waals surface area (Å²) in [4.78, 5) is 18.9. The fourth-order valence-electron chi connectivity index (χ4n) is 3.34. The first-order valence-corrected chi connectivity index (χ1v) is 8.50. The number of amides is 2. The SMILES string of the molecule is CNC(=O)N1CC[C@]2(C1)NCc1ccccc1NC2=NC(C)(C)C. The van der Waals surface area contributed by atoms with E-state index >= 15 is 0 Å². The number of nitrogens with one attached hydrogen (secondary N) is 3. The molecule has 0 radical (unpaired) electrons. The van der Waals surface area contributed by atoms with Crippen molar-refractivity contribution in [3.05, 3.63) is 29.8 Å². The molecule has 2 aliphatic heterocycles. The summed E-state index contributed by atoms with van der Waals surface area (Å²) in [6.45, 7) is 8.37. The first-order valence-electron chi connectivity index (χ1n) is 8.50. The third-order valence-electron chi connectivity index (χ3n) is 4.56. The highest BCUT2D eigenvalue weighted by atomic mass is 16.2. The average Bonchev–Trinajstić information content (AvgIpc) is 2.91. The van der Waals surface area contributed by atoms with E-state index in [1.54, 1.807) is 7.05 Å². The molecular weight excluding hydrogens is 302 g/mol. The lowest BCUT2D eigenvalue weighted by atomic mass is 9.95. The minimum Gasteiger partial charge on any atom is -0.342 e. The van der Waals surface area contributed by atoms with Crippen molar-refractivity contribution in [1.29, 1.82) is 0 Å². The van der Waals surface area contributed by atoms with Gasteiger partial charge in [0.05, 0.1) is 11.1 Å². The summed E-state index contributed by atoms with van der Waals surface area (Å²) in [5, 5.41) is 9.96. The number of benzene rings is 1. The smallest absolute Gasteiger partial charge is 0.317 e. The van der Waals surface area contributed by atoms with E-state index < -0.39 is 0 Å². The molecule has 1 aromatic carbocycles. The molecule has 24 heavy (non-hydrogen) atoms. The Balaban J connectivity index is 1.98. The molecular formula is C18H27N5O. The quantitative estimate of drug-likeness (QED) is 0.683. The first-order chi connectivity index (χ1) is 11.3. The predicted octanol–water partition coefficient (Wildman–Crippen LogP) is 2.18. The molecule has 0 aliphatic carbocycles. The molecule has 6 nitrogen and oxygen atoms in total. The van der Waals surface area contributed by atoms with Crippen molar-refractivity contribution < 1.29 is 4.79 Å².